The van der Waals surface area contributed by atoms with Gasteiger partial charge < -0.3 is 14.5 Å². The molecule has 16 heavy (non-hydrogen) atoms. The zero-order chi connectivity index (χ0) is 12.0. The number of carbonyl (C=O) groups excluding carboxylic acids is 1. The van der Waals surface area contributed by atoms with Crippen LogP contribution in [-0.2, 0) is 9.53 Å². The van der Waals surface area contributed by atoms with Crippen molar-refractivity contribution in [1.29, 1.82) is 0 Å². The van der Waals surface area contributed by atoms with Gasteiger partial charge in [0.1, 0.15) is 13.2 Å². The van der Waals surface area contributed by atoms with E-state index in [9.17, 15) is 4.79 Å². The van der Waals surface area contributed by atoms with Crippen molar-refractivity contribution in [3.63, 3.8) is 0 Å². The molecule has 1 heterocycles. The number of esters is 1. The van der Waals surface area contributed by atoms with Gasteiger partial charge in [0.15, 0.2) is 6.04 Å². The van der Waals surface area contributed by atoms with Gasteiger partial charge in [0, 0.05) is 6.42 Å². The highest BCUT2D eigenvalue weighted by atomic mass is 16.5. The number of likely N-dealkylation sites (tertiary alicyclic amines) is 1. The molecule has 94 valence electrons. The van der Waals surface area contributed by atoms with Crippen LogP contribution in [0.5, 0.6) is 0 Å². The molecule has 0 aliphatic carbocycles. The van der Waals surface area contributed by atoms with Crippen molar-refractivity contribution >= 4 is 5.97 Å². The van der Waals surface area contributed by atoms with Gasteiger partial charge in [-0.2, -0.15) is 0 Å². The third-order valence-corrected chi connectivity index (χ3v) is 3.29. The van der Waals surface area contributed by atoms with Crippen LogP contribution in [0.4, 0.5) is 0 Å². The molecule has 0 aromatic heterocycles. The highest BCUT2D eigenvalue weighted by Crippen LogP contribution is 2.06. The van der Waals surface area contributed by atoms with Crippen molar-refractivity contribution < 1.29 is 19.3 Å². The van der Waals surface area contributed by atoms with Gasteiger partial charge in [0.05, 0.1) is 27.7 Å². The monoisotopic (exact) mass is 230 g/mol. The van der Waals surface area contributed by atoms with Crippen LogP contribution >= 0.6 is 0 Å². The Labute approximate surface area is 98.5 Å². The molecule has 4 nitrogen and oxygen atoms in total. The van der Waals surface area contributed by atoms with Gasteiger partial charge >= 0.3 is 5.97 Å². The molecular weight excluding hydrogens is 204 g/mol. The summed E-state index contributed by atoms with van der Waals surface area (Å²) >= 11 is 0. The van der Waals surface area contributed by atoms with Gasteiger partial charge in [-0.15, -0.1) is 0 Å². The van der Waals surface area contributed by atoms with Crippen molar-refractivity contribution in [2.24, 2.45) is 0 Å². The first-order valence-electron chi connectivity index (χ1n) is 6.39. The second-order valence-corrected chi connectivity index (χ2v) is 5.12. The van der Waals surface area contributed by atoms with Gasteiger partial charge in [-0.1, -0.05) is 0 Å². The van der Waals surface area contributed by atoms with Gasteiger partial charge in [-0.3, -0.25) is 0 Å². The van der Waals surface area contributed by atoms with E-state index in [4.69, 9.17) is 4.74 Å². The zero-order valence-corrected chi connectivity index (χ0v) is 10.8. The fraction of sp³-hybridized carbons (Fsp3) is 0.917. The number of nitrogens with one attached hydrogen (secondary N) is 2. The molecule has 0 spiro atoms. The summed E-state index contributed by atoms with van der Waals surface area (Å²) in [5.41, 5.74) is 0. The third-order valence-electron chi connectivity index (χ3n) is 3.29. The Morgan fingerprint density at radius 1 is 1.38 bits per heavy atom. The summed E-state index contributed by atoms with van der Waals surface area (Å²) in [6, 6.07) is 0.0691. The van der Waals surface area contributed by atoms with Crippen molar-refractivity contribution in [3.8, 4) is 0 Å². The Morgan fingerprint density at radius 3 is 2.81 bits per heavy atom. The number of quaternary nitrogens is 2. The lowest BCUT2D eigenvalue weighted by molar-refractivity contribution is -0.896. The highest BCUT2D eigenvalue weighted by Gasteiger charge is 2.29. The quantitative estimate of drug-likeness (QED) is 0.555. The summed E-state index contributed by atoms with van der Waals surface area (Å²) in [5.74, 6) is 0.000602. The number of likely N-dealkylation sites (N-methyl/N-ethyl adjacent to an activating group) is 2. The van der Waals surface area contributed by atoms with E-state index in [-0.39, 0.29) is 12.0 Å². The van der Waals surface area contributed by atoms with Crippen LogP contribution < -0.4 is 9.80 Å². The van der Waals surface area contributed by atoms with Crippen molar-refractivity contribution in [3.05, 3.63) is 0 Å². The fourth-order valence-electron chi connectivity index (χ4n) is 2.13. The number of carbonyl (C=O) groups is 1. The van der Waals surface area contributed by atoms with E-state index in [0.717, 1.165) is 25.9 Å². The molecule has 0 amide bonds. The van der Waals surface area contributed by atoms with E-state index in [1.807, 2.05) is 0 Å². The van der Waals surface area contributed by atoms with Crippen molar-refractivity contribution in [2.45, 2.75) is 31.7 Å². The zero-order valence-electron chi connectivity index (χ0n) is 10.8. The van der Waals surface area contributed by atoms with E-state index in [1.165, 1.54) is 22.6 Å². The lowest BCUT2D eigenvalue weighted by atomic mass is 10.1. The van der Waals surface area contributed by atoms with Gasteiger partial charge in [-0.25, -0.2) is 4.79 Å². The maximum atomic E-state index is 11.9. The maximum absolute atomic E-state index is 11.9. The first-order chi connectivity index (χ1) is 7.61. The molecular formula is C12H26N2O2+2. The normalized spacial score (nSPS) is 26.5. The summed E-state index contributed by atoms with van der Waals surface area (Å²) < 4.78 is 5.34. The Balaban J connectivity index is 2.33. The molecule has 1 rings (SSSR count). The third kappa shape index (κ3) is 4.49. The lowest BCUT2D eigenvalue weighted by Crippen LogP contribution is -3.14. The van der Waals surface area contributed by atoms with Gasteiger partial charge in [-0.05, 0) is 19.3 Å². The van der Waals surface area contributed by atoms with E-state index >= 15 is 0 Å². The molecule has 0 aromatic carbocycles. The van der Waals surface area contributed by atoms with Gasteiger partial charge in [0.2, 0.25) is 0 Å². The Hall–Kier alpha value is -0.610. The first-order valence-corrected chi connectivity index (χ1v) is 6.39. The molecule has 1 saturated heterocycles. The predicted molar refractivity (Wildman–Crippen MR) is 62.6 cm³/mol. The highest BCUT2D eigenvalue weighted by molar-refractivity contribution is 5.74. The van der Waals surface area contributed by atoms with Crippen LogP contribution in [0.1, 0.15) is 25.7 Å². The second-order valence-electron chi connectivity index (χ2n) is 5.12. The van der Waals surface area contributed by atoms with Crippen LogP contribution in [0.25, 0.3) is 0 Å². The first kappa shape index (κ1) is 13.5. The molecule has 1 unspecified atom stereocenters. The minimum absolute atomic E-state index is 0.000602. The summed E-state index contributed by atoms with van der Waals surface area (Å²) in [4.78, 5) is 14.5. The predicted octanol–water partition coefficient (Wildman–Crippen LogP) is -1.87. The van der Waals surface area contributed by atoms with E-state index in [2.05, 4.69) is 21.1 Å². The smallest absolute Gasteiger partial charge is 0.365 e. The van der Waals surface area contributed by atoms with Crippen LogP contribution in [0.15, 0.2) is 0 Å². The standard InChI is InChI=1S/C12H24N2O2/c1-13(2)9-10-16-12(15)11-7-5-4-6-8-14(11)3/h11H,4-10H2,1-3H3/p+2/t11-/m0/s1. The molecule has 2 N–H and O–H groups in total. The molecule has 4 heteroatoms. The minimum Gasteiger partial charge on any atom is -0.455 e. The van der Waals surface area contributed by atoms with Crippen LogP contribution in [-0.4, -0.2) is 52.9 Å². The average molecular weight is 230 g/mol. The molecule has 0 bridgehead atoms. The number of hydrogen-bond donors (Lipinski definition) is 2. The van der Waals surface area contributed by atoms with E-state index in [0.29, 0.717) is 6.61 Å². The molecule has 0 aromatic rings. The Morgan fingerprint density at radius 2 is 2.12 bits per heavy atom. The average Bonchev–Trinajstić information content (AvgIpc) is 2.42. The molecule has 0 saturated carbocycles. The number of hydrogen-bond acceptors (Lipinski definition) is 2. The summed E-state index contributed by atoms with van der Waals surface area (Å²) in [6.45, 7) is 2.53. The Bertz CT molecular complexity index is 219. The molecule has 2 atom stereocenters. The van der Waals surface area contributed by atoms with Gasteiger partial charge in [0.25, 0.3) is 0 Å². The second kappa shape index (κ2) is 6.86. The summed E-state index contributed by atoms with van der Waals surface area (Å²) in [6.07, 6.45) is 4.63. The number of ether oxygens (including phenoxy) is 1. The fourth-order valence-corrected chi connectivity index (χ4v) is 2.13. The summed E-state index contributed by atoms with van der Waals surface area (Å²) in [7, 11) is 6.24. The molecule has 1 aliphatic heterocycles. The topological polar surface area (TPSA) is 35.2 Å². The largest absolute Gasteiger partial charge is 0.455 e. The van der Waals surface area contributed by atoms with Crippen LogP contribution in [0, 0.1) is 0 Å². The minimum atomic E-state index is 0.000602. The maximum Gasteiger partial charge on any atom is 0.365 e. The molecule has 1 fully saturated rings. The number of rotatable bonds is 4. The lowest BCUT2D eigenvalue weighted by Gasteiger charge is -2.21. The Kier molecular flexibility index (Phi) is 5.77. The van der Waals surface area contributed by atoms with Crippen LogP contribution in [0.2, 0.25) is 0 Å². The van der Waals surface area contributed by atoms with Crippen molar-refractivity contribution in [1.82, 2.24) is 0 Å². The van der Waals surface area contributed by atoms with Crippen molar-refractivity contribution in [2.75, 3.05) is 40.8 Å². The molecule has 1 aliphatic rings. The SMILES string of the molecule is C[NH+](C)CCOC(=O)[C@@H]1CCCCC[NH+]1C. The van der Waals surface area contributed by atoms with E-state index < -0.39 is 0 Å². The summed E-state index contributed by atoms with van der Waals surface area (Å²) in [5, 5.41) is 0. The van der Waals surface area contributed by atoms with E-state index in [1.54, 1.807) is 0 Å². The molecule has 0 radical (unpaired) electrons. The van der Waals surface area contributed by atoms with Crippen LogP contribution in [0.3, 0.4) is 0 Å².